The number of anilines is 1. The Labute approximate surface area is 265 Å². The molecule has 0 bridgehead atoms. The summed E-state index contributed by atoms with van der Waals surface area (Å²) < 4.78 is 11.5. The highest BCUT2D eigenvalue weighted by Gasteiger charge is 2.36. The second kappa shape index (κ2) is 13.2. The number of urea groups is 1. The Morgan fingerprint density at radius 2 is 1.61 bits per heavy atom. The van der Waals surface area contributed by atoms with Gasteiger partial charge in [0, 0.05) is 27.7 Å². The van der Waals surface area contributed by atoms with Gasteiger partial charge in [0.25, 0.3) is 17.5 Å². The highest BCUT2D eigenvalue weighted by atomic mass is 35.5. The van der Waals surface area contributed by atoms with Crippen LogP contribution in [0.15, 0.2) is 90.5 Å². The number of benzene rings is 4. The molecule has 44 heavy (non-hydrogen) atoms. The first-order chi connectivity index (χ1) is 21.1. The van der Waals surface area contributed by atoms with Gasteiger partial charge in [-0.05, 0) is 65.7 Å². The minimum Gasteiger partial charge on any atom is -0.489 e. The van der Waals surface area contributed by atoms with Crippen LogP contribution in [0.3, 0.4) is 0 Å². The van der Waals surface area contributed by atoms with E-state index in [1.165, 1.54) is 42.5 Å². The Kier molecular flexibility index (Phi) is 9.15. The van der Waals surface area contributed by atoms with Gasteiger partial charge < -0.3 is 9.47 Å². The molecule has 10 nitrogen and oxygen atoms in total. The van der Waals surface area contributed by atoms with E-state index in [0.717, 1.165) is 10.5 Å². The summed E-state index contributed by atoms with van der Waals surface area (Å²) in [6.07, 6.45) is 1.31. The summed E-state index contributed by atoms with van der Waals surface area (Å²) in [5.74, 6) is -0.947. The molecular weight excluding hydrogens is 633 g/mol. The second-order valence-corrected chi connectivity index (χ2v) is 10.6. The number of carbonyl (C=O) groups excluding carboxylic acids is 3. The maximum atomic E-state index is 13.3. The number of nitrogens with one attached hydrogen (secondary N) is 1. The zero-order chi connectivity index (χ0) is 31.4. The number of ether oxygens (including phenoxy) is 2. The number of barbiturate groups is 1. The average molecular weight is 653 g/mol. The summed E-state index contributed by atoms with van der Waals surface area (Å²) >= 11 is 18.5. The number of rotatable bonds is 9. The van der Waals surface area contributed by atoms with Crippen LogP contribution >= 0.6 is 34.8 Å². The first-order valence-corrected chi connectivity index (χ1v) is 14.0. The molecule has 0 radical (unpaired) electrons. The minimum absolute atomic E-state index is 0.0263. The number of imide groups is 2. The molecule has 222 valence electrons. The van der Waals surface area contributed by atoms with E-state index in [2.05, 4.69) is 5.32 Å². The Hall–Kier alpha value is -4.90. The predicted octanol–water partition coefficient (Wildman–Crippen LogP) is 7.38. The minimum atomic E-state index is -0.901. The van der Waals surface area contributed by atoms with Gasteiger partial charge in [0.05, 0.1) is 15.6 Å². The normalized spacial score (nSPS) is 14.0. The van der Waals surface area contributed by atoms with Crippen molar-refractivity contribution < 1.29 is 28.8 Å². The third kappa shape index (κ3) is 7.00. The second-order valence-electron chi connectivity index (χ2n) is 9.38. The molecule has 1 fully saturated rings. The molecular formula is C31H20Cl3N3O7. The van der Waals surface area contributed by atoms with Crippen LogP contribution in [0.1, 0.15) is 16.7 Å². The molecule has 1 aliphatic heterocycles. The van der Waals surface area contributed by atoms with E-state index in [-0.39, 0.29) is 40.9 Å². The fourth-order valence-electron chi connectivity index (χ4n) is 4.19. The van der Waals surface area contributed by atoms with E-state index in [0.29, 0.717) is 26.9 Å². The summed E-state index contributed by atoms with van der Waals surface area (Å²) in [7, 11) is 0. The predicted molar refractivity (Wildman–Crippen MR) is 165 cm³/mol. The third-order valence-electron chi connectivity index (χ3n) is 6.39. The summed E-state index contributed by atoms with van der Waals surface area (Å²) in [5, 5.41) is 14.3. The Morgan fingerprint density at radius 1 is 0.841 bits per heavy atom. The first kappa shape index (κ1) is 30.6. The van der Waals surface area contributed by atoms with E-state index in [1.807, 2.05) is 0 Å². The van der Waals surface area contributed by atoms with Crippen LogP contribution < -0.4 is 19.7 Å². The molecule has 0 aliphatic carbocycles. The van der Waals surface area contributed by atoms with Crippen molar-refractivity contribution in [3.8, 4) is 11.5 Å². The van der Waals surface area contributed by atoms with Crippen LogP contribution in [0.4, 0.5) is 16.2 Å². The quantitative estimate of drug-likeness (QED) is 0.0865. The van der Waals surface area contributed by atoms with Gasteiger partial charge in [-0.25, -0.2) is 9.69 Å². The highest BCUT2D eigenvalue weighted by molar-refractivity contribution is 6.39. The molecule has 0 spiro atoms. The number of nitrogens with zero attached hydrogens (tertiary/aromatic N) is 2. The molecule has 4 aromatic rings. The fraction of sp³-hybridized carbons (Fsp3) is 0.0645. The largest absolute Gasteiger partial charge is 0.489 e. The Bertz CT molecular complexity index is 1830. The van der Waals surface area contributed by atoms with E-state index in [9.17, 15) is 24.5 Å². The van der Waals surface area contributed by atoms with Gasteiger partial charge in [0.15, 0.2) is 0 Å². The fourth-order valence-corrected chi connectivity index (χ4v) is 4.90. The zero-order valence-electron chi connectivity index (χ0n) is 22.5. The standard InChI is InChI=1S/C31H20Cl3N3O7/c32-21-6-5-20(26(33)15-21)17-43-24-9-7-22(8-10-24)36-30(39)25(29(38)35-31(36)40)13-18-4-11-28(27(34)14-18)44-16-19-2-1-3-23(12-19)37(41)42/h1-15H,16-17H2,(H,35,38,40)/b25-13+. The SMILES string of the molecule is O=C1NC(=O)N(c2ccc(OCc3ccc(Cl)cc3Cl)cc2)C(=O)/C1=C/c1ccc(OCc2cccc([N+](=O)[O-])c2)c(Cl)c1. The number of nitro groups is 1. The van der Waals surface area contributed by atoms with Crippen LogP contribution in [0, 0.1) is 10.1 Å². The van der Waals surface area contributed by atoms with Crippen molar-refractivity contribution in [2.75, 3.05) is 4.90 Å². The molecule has 1 saturated heterocycles. The molecule has 1 N–H and O–H groups in total. The summed E-state index contributed by atoms with van der Waals surface area (Å²) in [6, 6.07) is 20.9. The van der Waals surface area contributed by atoms with Crippen molar-refractivity contribution in [2.24, 2.45) is 0 Å². The van der Waals surface area contributed by atoms with Crippen LogP contribution in [-0.4, -0.2) is 22.8 Å². The van der Waals surface area contributed by atoms with Gasteiger partial charge in [0.2, 0.25) is 0 Å². The molecule has 5 rings (SSSR count). The van der Waals surface area contributed by atoms with Crippen molar-refractivity contribution in [1.29, 1.82) is 0 Å². The lowest BCUT2D eigenvalue weighted by molar-refractivity contribution is -0.384. The molecule has 13 heteroatoms. The van der Waals surface area contributed by atoms with Gasteiger partial charge in [-0.3, -0.25) is 25.0 Å². The third-order valence-corrected chi connectivity index (χ3v) is 7.27. The topological polar surface area (TPSA) is 128 Å². The Morgan fingerprint density at radius 3 is 2.32 bits per heavy atom. The molecule has 4 aromatic carbocycles. The lowest BCUT2D eigenvalue weighted by Crippen LogP contribution is -2.54. The number of hydrogen-bond acceptors (Lipinski definition) is 7. The van der Waals surface area contributed by atoms with Crippen LogP contribution in [0.2, 0.25) is 15.1 Å². The maximum absolute atomic E-state index is 13.3. The zero-order valence-corrected chi connectivity index (χ0v) is 24.7. The van der Waals surface area contributed by atoms with Crippen molar-refractivity contribution >= 4 is 70.1 Å². The van der Waals surface area contributed by atoms with E-state index >= 15 is 0 Å². The van der Waals surface area contributed by atoms with Gasteiger partial charge in [-0.2, -0.15) is 0 Å². The number of non-ortho nitro benzene ring substituents is 1. The van der Waals surface area contributed by atoms with Crippen LogP contribution in [0.5, 0.6) is 11.5 Å². The maximum Gasteiger partial charge on any atom is 0.335 e. The first-order valence-electron chi connectivity index (χ1n) is 12.8. The van der Waals surface area contributed by atoms with Crippen molar-refractivity contribution in [2.45, 2.75) is 13.2 Å². The molecule has 4 amide bonds. The van der Waals surface area contributed by atoms with Gasteiger partial charge in [0.1, 0.15) is 30.3 Å². The number of hydrogen-bond donors (Lipinski definition) is 1. The average Bonchev–Trinajstić information content (AvgIpc) is 2.99. The molecule has 0 atom stereocenters. The smallest absolute Gasteiger partial charge is 0.335 e. The van der Waals surface area contributed by atoms with Crippen molar-refractivity contribution in [1.82, 2.24) is 5.32 Å². The van der Waals surface area contributed by atoms with Gasteiger partial charge in [-0.15, -0.1) is 0 Å². The number of carbonyl (C=O) groups is 3. The summed E-state index contributed by atoms with van der Waals surface area (Å²) in [4.78, 5) is 49.9. The molecule has 1 heterocycles. The summed E-state index contributed by atoms with van der Waals surface area (Å²) in [6.45, 7) is 0.194. The Balaban J connectivity index is 1.28. The van der Waals surface area contributed by atoms with E-state index in [4.69, 9.17) is 44.3 Å². The molecule has 0 unspecified atom stereocenters. The van der Waals surface area contributed by atoms with Crippen molar-refractivity contribution in [3.63, 3.8) is 0 Å². The monoisotopic (exact) mass is 651 g/mol. The lowest BCUT2D eigenvalue weighted by atomic mass is 10.1. The van der Waals surface area contributed by atoms with Gasteiger partial charge in [-0.1, -0.05) is 59.1 Å². The number of halogens is 3. The highest BCUT2D eigenvalue weighted by Crippen LogP contribution is 2.30. The molecule has 0 saturated carbocycles. The van der Waals surface area contributed by atoms with Crippen molar-refractivity contribution in [3.05, 3.63) is 132 Å². The lowest BCUT2D eigenvalue weighted by Gasteiger charge is -2.26. The number of amides is 4. The summed E-state index contributed by atoms with van der Waals surface area (Å²) in [5.41, 5.74) is 1.55. The van der Waals surface area contributed by atoms with Crippen LogP contribution in [0.25, 0.3) is 6.08 Å². The molecule has 0 aromatic heterocycles. The van der Waals surface area contributed by atoms with Gasteiger partial charge >= 0.3 is 6.03 Å². The van der Waals surface area contributed by atoms with E-state index in [1.54, 1.807) is 48.5 Å². The van der Waals surface area contributed by atoms with E-state index < -0.39 is 22.8 Å². The number of nitro benzene ring substituents is 1. The van der Waals surface area contributed by atoms with Crippen LogP contribution in [-0.2, 0) is 22.8 Å². The molecule has 1 aliphatic rings.